The smallest absolute Gasteiger partial charge is 0.275 e. The molecule has 20 heavy (non-hydrogen) atoms. The lowest BCUT2D eigenvalue weighted by Gasteiger charge is -2.36. The molecule has 1 saturated heterocycles. The number of likely N-dealkylation sites (N-methyl/N-ethyl adjacent to an activating group) is 1. The van der Waals surface area contributed by atoms with Crippen LogP contribution in [0.2, 0.25) is 0 Å². The zero-order chi connectivity index (χ0) is 14.3. The minimum Gasteiger partial charge on any atom is -0.377 e. The molecule has 6 heteroatoms. The molecule has 3 heterocycles. The molecule has 2 atom stereocenters. The highest BCUT2D eigenvalue weighted by Gasteiger charge is 2.35. The maximum absolute atomic E-state index is 12.7. The largest absolute Gasteiger partial charge is 0.377 e. The second kappa shape index (κ2) is 5.18. The SMILES string of the molecule is CCN(C(=O)c1n[nH]c2c1C[C@H](C)O[C@@H]2C)C1COC1. The van der Waals surface area contributed by atoms with Crippen LogP contribution in [-0.2, 0) is 15.9 Å². The van der Waals surface area contributed by atoms with Crippen molar-refractivity contribution < 1.29 is 14.3 Å². The van der Waals surface area contributed by atoms with Gasteiger partial charge in [0, 0.05) is 18.5 Å². The summed E-state index contributed by atoms with van der Waals surface area (Å²) in [4.78, 5) is 14.6. The fourth-order valence-electron chi connectivity index (χ4n) is 2.96. The lowest BCUT2D eigenvalue weighted by Crippen LogP contribution is -2.51. The molecule has 0 saturated carbocycles. The number of ether oxygens (including phenoxy) is 2. The van der Waals surface area contributed by atoms with Crippen molar-refractivity contribution in [2.45, 2.75) is 45.4 Å². The first-order valence-electron chi connectivity index (χ1n) is 7.23. The number of aromatic nitrogens is 2. The van der Waals surface area contributed by atoms with Gasteiger partial charge in [0.2, 0.25) is 0 Å². The lowest BCUT2D eigenvalue weighted by atomic mass is 9.99. The zero-order valence-electron chi connectivity index (χ0n) is 12.2. The van der Waals surface area contributed by atoms with Gasteiger partial charge in [0.05, 0.1) is 37.2 Å². The van der Waals surface area contributed by atoms with Crippen LogP contribution in [0.3, 0.4) is 0 Å². The standard InChI is InChI=1S/C14H21N3O3/c1-4-17(10-6-19-7-10)14(18)13-11-5-8(2)20-9(3)12(11)15-16-13/h8-10H,4-7H2,1-3H3,(H,15,16)/t8-,9+/m0/s1. The number of nitrogens with zero attached hydrogens (tertiary/aromatic N) is 2. The van der Waals surface area contributed by atoms with Crippen molar-refractivity contribution in [3.63, 3.8) is 0 Å². The summed E-state index contributed by atoms with van der Waals surface area (Å²) in [5, 5.41) is 7.23. The van der Waals surface area contributed by atoms with Gasteiger partial charge in [-0.25, -0.2) is 0 Å². The van der Waals surface area contributed by atoms with Crippen LogP contribution in [0.15, 0.2) is 0 Å². The van der Waals surface area contributed by atoms with E-state index in [0.717, 1.165) is 17.7 Å². The van der Waals surface area contributed by atoms with Crippen molar-refractivity contribution in [1.29, 1.82) is 0 Å². The monoisotopic (exact) mass is 279 g/mol. The van der Waals surface area contributed by atoms with E-state index in [1.807, 2.05) is 25.7 Å². The van der Waals surface area contributed by atoms with Gasteiger partial charge in [-0.2, -0.15) is 5.10 Å². The first kappa shape index (κ1) is 13.6. The Morgan fingerprint density at radius 1 is 1.45 bits per heavy atom. The van der Waals surface area contributed by atoms with E-state index in [-0.39, 0.29) is 24.2 Å². The molecule has 0 aliphatic carbocycles. The van der Waals surface area contributed by atoms with Crippen LogP contribution in [0.1, 0.15) is 48.6 Å². The molecule has 2 aliphatic heterocycles. The quantitative estimate of drug-likeness (QED) is 0.905. The predicted molar refractivity (Wildman–Crippen MR) is 72.6 cm³/mol. The van der Waals surface area contributed by atoms with Gasteiger partial charge in [0.25, 0.3) is 5.91 Å². The first-order valence-corrected chi connectivity index (χ1v) is 7.23. The number of amides is 1. The van der Waals surface area contributed by atoms with Crippen LogP contribution in [0.5, 0.6) is 0 Å². The fraction of sp³-hybridized carbons (Fsp3) is 0.714. The fourth-order valence-corrected chi connectivity index (χ4v) is 2.96. The van der Waals surface area contributed by atoms with Crippen LogP contribution in [0.4, 0.5) is 0 Å². The zero-order valence-corrected chi connectivity index (χ0v) is 12.2. The van der Waals surface area contributed by atoms with E-state index in [4.69, 9.17) is 9.47 Å². The molecule has 1 fully saturated rings. The van der Waals surface area contributed by atoms with Gasteiger partial charge in [-0.05, 0) is 20.8 Å². The van der Waals surface area contributed by atoms with Gasteiger partial charge in [-0.1, -0.05) is 0 Å². The molecule has 1 N–H and O–H groups in total. The Morgan fingerprint density at radius 2 is 2.20 bits per heavy atom. The molecular formula is C14H21N3O3. The molecule has 3 rings (SSSR count). The third kappa shape index (κ3) is 2.13. The molecule has 6 nitrogen and oxygen atoms in total. The average Bonchev–Trinajstić information content (AvgIpc) is 2.76. The Morgan fingerprint density at radius 3 is 2.80 bits per heavy atom. The van der Waals surface area contributed by atoms with Crippen LogP contribution < -0.4 is 0 Å². The number of carbonyl (C=O) groups excluding carboxylic acids is 1. The van der Waals surface area contributed by atoms with Gasteiger partial charge in [-0.3, -0.25) is 9.89 Å². The summed E-state index contributed by atoms with van der Waals surface area (Å²) < 4.78 is 10.9. The van der Waals surface area contributed by atoms with Crippen molar-refractivity contribution in [3.8, 4) is 0 Å². The van der Waals surface area contributed by atoms with Crippen molar-refractivity contribution in [2.75, 3.05) is 19.8 Å². The van der Waals surface area contributed by atoms with Crippen LogP contribution in [0, 0.1) is 0 Å². The Balaban J connectivity index is 1.88. The van der Waals surface area contributed by atoms with E-state index in [1.54, 1.807) is 0 Å². The molecule has 110 valence electrons. The summed E-state index contributed by atoms with van der Waals surface area (Å²) >= 11 is 0. The highest BCUT2D eigenvalue weighted by molar-refractivity contribution is 5.94. The molecule has 0 unspecified atom stereocenters. The number of carbonyl (C=O) groups is 1. The number of hydrogen-bond donors (Lipinski definition) is 1. The second-order valence-electron chi connectivity index (χ2n) is 5.54. The normalized spacial score (nSPS) is 25.9. The second-order valence-corrected chi connectivity index (χ2v) is 5.54. The summed E-state index contributed by atoms with van der Waals surface area (Å²) in [6.45, 7) is 7.93. The third-order valence-electron chi connectivity index (χ3n) is 4.10. The van der Waals surface area contributed by atoms with Crippen molar-refractivity contribution >= 4 is 5.91 Å². The topological polar surface area (TPSA) is 67.5 Å². The van der Waals surface area contributed by atoms with Gasteiger partial charge >= 0.3 is 0 Å². The van der Waals surface area contributed by atoms with Gasteiger partial charge < -0.3 is 14.4 Å². The molecule has 0 bridgehead atoms. The molecule has 1 aromatic heterocycles. The maximum atomic E-state index is 12.7. The molecule has 1 amide bonds. The summed E-state index contributed by atoms with van der Waals surface area (Å²) in [5.41, 5.74) is 2.50. The Kier molecular flexibility index (Phi) is 3.52. The van der Waals surface area contributed by atoms with E-state index >= 15 is 0 Å². The number of fused-ring (bicyclic) bond motifs is 1. The molecule has 0 radical (unpaired) electrons. The molecule has 0 spiro atoms. The number of hydrogen-bond acceptors (Lipinski definition) is 4. The van der Waals surface area contributed by atoms with Gasteiger partial charge in [-0.15, -0.1) is 0 Å². The summed E-state index contributed by atoms with van der Waals surface area (Å²) in [6.07, 6.45) is 0.810. The molecule has 2 aliphatic rings. The lowest BCUT2D eigenvalue weighted by molar-refractivity contribution is -0.0529. The average molecular weight is 279 g/mol. The van der Waals surface area contributed by atoms with Crippen LogP contribution >= 0.6 is 0 Å². The van der Waals surface area contributed by atoms with E-state index in [1.165, 1.54) is 0 Å². The number of rotatable bonds is 3. The summed E-state index contributed by atoms with van der Waals surface area (Å²) in [6, 6.07) is 0.189. The predicted octanol–water partition coefficient (Wildman–Crippen LogP) is 1.29. The van der Waals surface area contributed by atoms with Crippen LogP contribution in [-0.4, -0.2) is 52.9 Å². The number of aromatic amines is 1. The minimum absolute atomic E-state index is 0.000370. The van der Waals surface area contributed by atoms with Gasteiger partial charge in [0.1, 0.15) is 0 Å². The highest BCUT2D eigenvalue weighted by Crippen LogP contribution is 2.31. The molecule has 1 aromatic rings. The van der Waals surface area contributed by atoms with Crippen molar-refractivity contribution in [2.24, 2.45) is 0 Å². The number of H-pyrrole nitrogens is 1. The van der Waals surface area contributed by atoms with E-state index in [2.05, 4.69) is 10.2 Å². The highest BCUT2D eigenvalue weighted by atomic mass is 16.5. The van der Waals surface area contributed by atoms with E-state index in [0.29, 0.717) is 25.5 Å². The molecule has 0 aromatic carbocycles. The van der Waals surface area contributed by atoms with Crippen LogP contribution in [0.25, 0.3) is 0 Å². The Hall–Kier alpha value is -1.40. The number of nitrogens with one attached hydrogen (secondary N) is 1. The Bertz CT molecular complexity index is 510. The molecular weight excluding hydrogens is 258 g/mol. The Labute approximate surface area is 118 Å². The minimum atomic E-state index is -0.0371. The van der Waals surface area contributed by atoms with Gasteiger partial charge in [0.15, 0.2) is 5.69 Å². The van der Waals surface area contributed by atoms with Crippen molar-refractivity contribution in [1.82, 2.24) is 15.1 Å². The van der Waals surface area contributed by atoms with E-state index in [9.17, 15) is 4.79 Å². The van der Waals surface area contributed by atoms with Crippen molar-refractivity contribution in [3.05, 3.63) is 17.0 Å². The summed E-state index contributed by atoms with van der Waals surface area (Å²) in [7, 11) is 0. The van der Waals surface area contributed by atoms with E-state index < -0.39 is 0 Å². The summed E-state index contributed by atoms with van der Waals surface area (Å²) in [5.74, 6) is -0.000370. The third-order valence-corrected chi connectivity index (χ3v) is 4.10. The first-order chi connectivity index (χ1) is 9.61. The maximum Gasteiger partial charge on any atom is 0.275 e.